The second kappa shape index (κ2) is 13.5. The third-order valence-electron chi connectivity index (χ3n) is 5.35. The zero-order valence-corrected chi connectivity index (χ0v) is 21.2. The van der Waals surface area contributed by atoms with E-state index < -0.39 is 6.04 Å². The molecule has 0 aromatic heterocycles. The molecule has 0 saturated heterocycles. The highest BCUT2D eigenvalue weighted by molar-refractivity contribution is 5.87. The van der Waals surface area contributed by atoms with Crippen LogP contribution in [-0.4, -0.2) is 49.1 Å². The second-order valence-electron chi connectivity index (χ2n) is 8.36. The van der Waals surface area contributed by atoms with Crippen LogP contribution in [0.1, 0.15) is 52.2 Å². The van der Waals surface area contributed by atoms with Gasteiger partial charge in [0.05, 0.1) is 20.3 Å². The van der Waals surface area contributed by atoms with E-state index in [-0.39, 0.29) is 24.3 Å². The van der Waals surface area contributed by atoms with Gasteiger partial charge in [-0.3, -0.25) is 9.59 Å². The summed E-state index contributed by atoms with van der Waals surface area (Å²) in [6.45, 7) is 10.8. The van der Waals surface area contributed by atoms with Gasteiger partial charge in [0.25, 0.3) is 0 Å². The fraction of sp³-hybridized carbons (Fsp3) is 0.481. The summed E-state index contributed by atoms with van der Waals surface area (Å²) in [5.74, 6) is 1.85. The maximum atomic E-state index is 13.3. The molecule has 7 nitrogen and oxygen atoms in total. The predicted molar refractivity (Wildman–Crippen MR) is 133 cm³/mol. The van der Waals surface area contributed by atoms with E-state index in [1.807, 2.05) is 70.2 Å². The molecule has 0 radical (unpaired) electrons. The van der Waals surface area contributed by atoms with E-state index in [4.69, 9.17) is 14.2 Å². The summed E-state index contributed by atoms with van der Waals surface area (Å²) in [5.41, 5.74) is 1.90. The molecule has 0 unspecified atom stereocenters. The van der Waals surface area contributed by atoms with Crippen LogP contribution in [0, 0.1) is 0 Å². The summed E-state index contributed by atoms with van der Waals surface area (Å²) < 4.78 is 16.6. The minimum atomic E-state index is -0.601. The van der Waals surface area contributed by atoms with Crippen molar-refractivity contribution in [2.75, 3.05) is 20.3 Å². The first kappa shape index (κ1) is 27.0. The maximum absolute atomic E-state index is 13.3. The molecule has 0 saturated carbocycles. The van der Waals surface area contributed by atoms with Crippen LogP contribution in [0.4, 0.5) is 0 Å². The summed E-state index contributed by atoms with van der Waals surface area (Å²) >= 11 is 0. The Kier molecular flexibility index (Phi) is 10.7. The molecule has 0 fully saturated rings. The van der Waals surface area contributed by atoms with Gasteiger partial charge in [0.1, 0.15) is 11.8 Å². The van der Waals surface area contributed by atoms with Gasteiger partial charge in [0.15, 0.2) is 11.5 Å². The largest absolute Gasteiger partial charge is 0.497 e. The standard InChI is InChI=1S/C27H38N2O5/c1-7-33-24-15-11-21(17-25(24)34-8-2)12-16-26(30)29(20(5)27(31)28-19(3)4)18-22-9-13-23(32-6)14-10-22/h9-11,13-15,17,19-20H,7-8,12,16,18H2,1-6H3,(H,28,31)/t20-/m0/s1. The first-order chi connectivity index (χ1) is 16.3. The number of carbonyl (C=O) groups excluding carboxylic acids is 2. The number of benzene rings is 2. The Labute approximate surface area is 203 Å². The minimum Gasteiger partial charge on any atom is -0.497 e. The van der Waals surface area contributed by atoms with Crippen LogP contribution < -0.4 is 19.5 Å². The molecule has 1 N–H and O–H groups in total. The topological polar surface area (TPSA) is 77.1 Å². The van der Waals surface area contributed by atoms with Crippen molar-refractivity contribution >= 4 is 11.8 Å². The van der Waals surface area contributed by atoms with E-state index >= 15 is 0 Å². The molecule has 2 amide bonds. The van der Waals surface area contributed by atoms with Crippen molar-refractivity contribution in [3.05, 3.63) is 53.6 Å². The Morgan fingerprint density at radius 3 is 2.12 bits per heavy atom. The van der Waals surface area contributed by atoms with Crippen LogP contribution in [-0.2, 0) is 22.6 Å². The van der Waals surface area contributed by atoms with Crippen molar-refractivity contribution in [2.45, 2.75) is 66.1 Å². The second-order valence-corrected chi connectivity index (χ2v) is 8.36. The van der Waals surface area contributed by atoms with Crippen LogP contribution in [0.5, 0.6) is 17.2 Å². The molecule has 1 atom stereocenters. The molecular formula is C27H38N2O5. The van der Waals surface area contributed by atoms with Crippen LogP contribution in [0.2, 0.25) is 0 Å². The highest BCUT2D eigenvalue weighted by Gasteiger charge is 2.26. The molecule has 186 valence electrons. The molecule has 2 aromatic rings. The number of nitrogens with zero attached hydrogens (tertiary/aromatic N) is 1. The van der Waals surface area contributed by atoms with Crippen molar-refractivity contribution in [1.29, 1.82) is 0 Å². The number of carbonyl (C=O) groups is 2. The Morgan fingerprint density at radius 1 is 0.912 bits per heavy atom. The van der Waals surface area contributed by atoms with Gasteiger partial charge in [-0.15, -0.1) is 0 Å². The Bertz CT molecular complexity index is 927. The lowest BCUT2D eigenvalue weighted by Gasteiger charge is -2.29. The van der Waals surface area contributed by atoms with E-state index in [1.165, 1.54) is 0 Å². The summed E-state index contributed by atoms with van der Waals surface area (Å²) in [4.78, 5) is 27.7. The molecule has 0 bridgehead atoms. The van der Waals surface area contributed by atoms with Gasteiger partial charge in [-0.2, -0.15) is 0 Å². The van der Waals surface area contributed by atoms with E-state index in [0.717, 1.165) is 16.9 Å². The van der Waals surface area contributed by atoms with Gasteiger partial charge in [0.2, 0.25) is 11.8 Å². The Hall–Kier alpha value is -3.22. The van der Waals surface area contributed by atoms with Crippen molar-refractivity contribution in [3.8, 4) is 17.2 Å². The molecule has 0 aliphatic rings. The van der Waals surface area contributed by atoms with Crippen LogP contribution in [0.15, 0.2) is 42.5 Å². The third-order valence-corrected chi connectivity index (χ3v) is 5.35. The fourth-order valence-corrected chi connectivity index (χ4v) is 3.56. The summed E-state index contributed by atoms with van der Waals surface area (Å²) in [6.07, 6.45) is 0.804. The molecule has 2 aromatic carbocycles. The third kappa shape index (κ3) is 7.97. The van der Waals surface area contributed by atoms with E-state index in [9.17, 15) is 9.59 Å². The van der Waals surface area contributed by atoms with Crippen molar-refractivity contribution in [1.82, 2.24) is 10.2 Å². The van der Waals surface area contributed by atoms with Crippen molar-refractivity contribution < 1.29 is 23.8 Å². The molecule has 0 spiro atoms. The normalized spacial score (nSPS) is 11.6. The highest BCUT2D eigenvalue weighted by Crippen LogP contribution is 2.29. The molecular weight excluding hydrogens is 432 g/mol. The number of rotatable bonds is 13. The maximum Gasteiger partial charge on any atom is 0.242 e. The average molecular weight is 471 g/mol. The number of ether oxygens (including phenoxy) is 3. The van der Waals surface area contributed by atoms with Gasteiger partial charge >= 0.3 is 0 Å². The van der Waals surface area contributed by atoms with Gasteiger partial charge in [-0.1, -0.05) is 18.2 Å². The summed E-state index contributed by atoms with van der Waals surface area (Å²) in [7, 11) is 1.61. The smallest absolute Gasteiger partial charge is 0.242 e. The Balaban J connectivity index is 2.18. The Morgan fingerprint density at radius 2 is 1.53 bits per heavy atom. The quantitative estimate of drug-likeness (QED) is 0.471. The lowest BCUT2D eigenvalue weighted by atomic mass is 10.1. The van der Waals surface area contributed by atoms with Gasteiger partial charge in [-0.05, 0) is 76.4 Å². The van der Waals surface area contributed by atoms with E-state index in [1.54, 1.807) is 18.9 Å². The van der Waals surface area contributed by atoms with E-state index in [2.05, 4.69) is 5.32 Å². The number of amides is 2. The monoisotopic (exact) mass is 470 g/mol. The molecule has 0 heterocycles. The van der Waals surface area contributed by atoms with Gasteiger partial charge < -0.3 is 24.4 Å². The molecule has 34 heavy (non-hydrogen) atoms. The van der Waals surface area contributed by atoms with Crippen LogP contribution >= 0.6 is 0 Å². The van der Waals surface area contributed by atoms with E-state index in [0.29, 0.717) is 37.7 Å². The summed E-state index contributed by atoms with van der Waals surface area (Å²) in [6, 6.07) is 12.7. The lowest BCUT2D eigenvalue weighted by molar-refractivity contribution is -0.140. The first-order valence-electron chi connectivity index (χ1n) is 11.9. The number of hydrogen-bond donors (Lipinski definition) is 1. The fourth-order valence-electron chi connectivity index (χ4n) is 3.56. The number of hydrogen-bond acceptors (Lipinski definition) is 5. The number of nitrogens with one attached hydrogen (secondary N) is 1. The molecule has 0 aliphatic carbocycles. The lowest BCUT2D eigenvalue weighted by Crippen LogP contribution is -2.49. The highest BCUT2D eigenvalue weighted by atomic mass is 16.5. The zero-order valence-electron chi connectivity index (χ0n) is 21.2. The van der Waals surface area contributed by atoms with Gasteiger partial charge in [-0.25, -0.2) is 0 Å². The number of methoxy groups -OCH3 is 1. The van der Waals surface area contributed by atoms with Gasteiger partial charge in [0, 0.05) is 19.0 Å². The minimum absolute atomic E-state index is 0.00581. The zero-order chi connectivity index (χ0) is 25.1. The van der Waals surface area contributed by atoms with Crippen LogP contribution in [0.25, 0.3) is 0 Å². The van der Waals surface area contributed by atoms with Crippen molar-refractivity contribution in [2.24, 2.45) is 0 Å². The number of aryl methyl sites for hydroxylation is 1. The average Bonchev–Trinajstić information content (AvgIpc) is 2.82. The predicted octanol–water partition coefficient (Wildman–Crippen LogP) is 4.37. The molecule has 0 aliphatic heterocycles. The molecule has 7 heteroatoms. The SMILES string of the molecule is CCOc1ccc(CCC(=O)N(Cc2ccc(OC)cc2)[C@@H](C)C(=O)NC(C)C)cc1OCC. The van der Waals surface area contributed by atoms with Crippen molar-refractivity contribution in [3.63, 3.8) is 0 Å². The van der Waals surface area contributed by atoms with Crippen LogP contribution in [0.3, 0.4) is 0 Å². The summed E-state index contributed by atoms with van der Waals surface area (Å²) in [5, 5.41) is 2.91. The first-order valence-corrected chi connectivity index (χ1v) is 11.9. The molecule has 2 rings (SSSR count).